The third-order valence-corrected chi connectivity index (χ3v) is 2.31. The Morgan fingerprint density at radius 2 is 2.07 bits per heavy atom. The van der Waals surface area contributed by atoms with Gasteiger partial charge < -0.3 is 10.5 Å². The Bertz CT molecular complexity index is 271. The van der Waals surface area contributed by atoms with E-state index in [4.69, 9.17) is 10.5 Å². The minimum atomic E-state index is 0.272. The van der Waals surface area contributed by atoms with Gasteiger partial charge in [-0.3, -0.25) is 0 Å². The van der Waals surface area contributed by atoms with Crippen LogP contribution in [0.2, 0.25) is 0 Å². The van der Waals surface area contributed by atoms with Crippen molar-refractivity contribution in [2.24, 2.45) is 11.7 Å². The van der Waals surface area contributed by atoms with Gasteiger partial charge in [0.2, 0.25) is 5.88 Å². The molecule has 0 aliphatic rings. The van der Waals surface area contributed by atoms with Crippen molar-refractivity contribution in [2.75, 3.05) is 13.7 Å². The Hall–Kier alpha value is -1.16. The number of hydrogen-bond acceptors (Lipinski definition) is 4. The van der Waals surface area contributed by atoms with Crippen LogP contribution in [0.5, 0.6) is 5.88 Å². The fourth-order valence-corrected chi connectivity index (χ4v) is 1.37. The Kier molecular flexibility index (Phi) is 3.83. The lowest BCUT2D eigenvalue weighted by atomic mass is 9.92. The van der Waals surface area contributed by atoms with E-state index in [9.17, 15) is 0 Å². The van der Waals surface area contributed by atoms with Gasteiger partial charge >= 0.3 is 0 Å². The van der Waals surface area contributed by atoms with Crippen LogP contribution in [0.25, 0.3) is 0 Å². The molecule has 1 rings (SSSR count). The predicted octanol–water partition coefficient (Wildman–Crippen LogP) is 1.18. The third kappa shape index (κ3) is 2.42. The highest BCUT2D eigenvalue weighted by Gasteiger charge is 2.15. The minimum absolute atomic E-state index is 0.272. The van der Waals surface area contributed by atoms with E-state index in [-0.39, 0.29) is 5.92 Å². The molecule has 0 aromatic carbocycles. The molecule has 1 aromatic heterocycles. The van der Waals surface area contributed by atoms with Crippen LogP contribution >= 0.6 is 0 Å². The van der Waals surface area contributed by atoms with Crippen molar-refractivity contribution < 1.29 is 4.74 Å². The van der Waals surface area contributed by atoms with Crippen molar-refractivity contribution >= 4 is 0 Å². The zero-order valence-electron chi connectivity index (χ0n) is 8.90. The molecule has 0 spiro atoms. The number of hydrogen-bond donors (Lipinski definition) is 1. The van der Waals surface area contributed by atoms with Crippen molar-refractivity contribution in [2.45, 2.75) is 19.8 Å². The Morgan fingerprint density at radius 1 is 1.36 bits per heavy atom. The molecule has 0 bridgehead atoms. The van der Waals surface area contributed by atoms with E-state index in [0.29, 0.717) is 18.3 Å². The molecular weight excluding hydrogens is 178 g/mol. The van der Waals surface area contributed by atoms with Crippen molar-refractivity contribution in [3.8, 4) is 5.88 Å². The van der Waals surface area contributed by atoms with E-state index in [1.807, 2.05) is 12.1 Å². The maximum Gasteiger partial charge on any atom is 0.233 e. The van der Waals surface area contributed by atoms with Gasteiger partial charge in [0.15, 0.2) is 0 Å². The van der Waals surface area contributed by atoms with Crippen LogP contribution in [-0.4, -0.2) is 23.9 Å². The Balaban J connectivity index is 2.84. The summed E-state index contributed by atoms with van der Waals surface area (Å²) in [7, 11) is 1.58. The van der Waals surface area contributed by atoms with Crippen molar-refractivity contribution in [1.29, 1.82) is 0 Å². The monoisotopic (exact) mass is 195 g/mol. The molecule has 2 N–H and O–H groups in total. The van der Waals surface area contributed by atoms with Gasteiger partial charge in [-0.05, 0) is 12.0 Å². The van der Waals surface area contributed by atoms with Gasteiger partial charge in [0.1, 0.15) is 0 Å². The first-order valence-electron chi connectivity index (χ1n) is 4.76. The number of nitrogens with two attached hydrogens (primary N) is 1. The summed E-state index contributed by atoms with van der Waals surface area (Å²) in [6.07, 6.45) is 0. The number of nitrogens with zero attached hydrogens (tertiary/aromatic N) is 2. The molecule has 78 valence electrons. The summed E-state index contributed by atoms with van der Waals surface area (Å²) in [6.45, 7) is 4.85. The highest BCUT2D eigenvalue weighted by atomic mass is 16.5. The summed E-state index contributed by atoms with van der Waals surface area (Å²) < 4.78 is 4.94. The molecule has 1 heterocycles. The Morgan fingerprint density at radius 3 is 2.43 bits per heavy atom. The van der Waals surface area contributed by atoms with Gasteiger partial charge in [-0.1, -0.05) is 13.8 Å². The lowest BCUT2D eigenvalue weighted by Crippen LogP contribution is -2.19. The van der Waals surface area contributed by atoms with Crippen LogP contribution in [0.3, 0.4) is 0 Å². The zero-order chi connectivity index (χ0) is 10.6. The molecule has 0 saturated heterocycles. The molecule has 0 aliphatic carbocycles. The smallest absolute Gasteiger partial charge is 0.233 e. The summed E-state index contributed by atoms with van der Waals surface area (Å²) in [5.41, 5.74) is 6.61. The van der Waals surface area contributed by atoms with Gasteiger partial charge in [0.25, 0.3) is 0 Å². The molecule has 0 fully saturated rings. The van der Waals surface area contributed by atoms with Crippen LogP contribution in [0.4, 0.5) is 0 Å². The summed E-state index contributed by atoms with van der Waals surface area (Å²) in [6, 6.07) is 3.73. The van der Waals surface area contributed by atoms with Crippen LogP contribution in [0.15, 0.2) is 12.1 Å². The van der Waals surface area contributed by atoms with E-state index < -0.39 is 0 Å². The number of aromatic nitrogens is 2. The summed E-state index contributed by atoms with van der Waals surface area (Å²) in [5.74, 6) is 1.28. The zero-order valence-corrected chi connectivity index (χ0v) is 8.90. The van der Waals surface area contributed by atoms with Crippen molar-refractivity contribution in [3.05, 3.63) is 17.8 Å². The SMILES string of the molecule is COc1ccc(C(CN)C(C)C)nn1. The molecule has 4 nitrogen and oxygen atoms in total. The van der Waals surface area contributed by atoms with Gasteiger partial charge in [0, 0.05) is 18.5 Å². The highest BCUT2D eigenvalue weighted by Crippen LogP contribution is 2.21. The second-order valence-electron chi connectivity index (χ2n) is 3.59. The first-order valence-corrected chi connectivity index (χ1v) is 4.76. The second kappa shape index (κ2) is 4.91. The number of rotatable bonds is 4. The Labute approximate surface area is 84.5 Å². The molecule has 4 heteroatoms. The number of methoxy groups -OCH3 is 1. The fraction of sp³-hybridized carbons (Fsp3) is 0.600. The lowest BCUT2D eigenvalue weighted by Gasteiger charge is -2.17. The van der Waals surface area contributed by atoms with Crippen LogP contribution < -0.4 is 10.5 Å². The van der Waals surface area contributed by atoms with Gasteiger partial charge in [-0.25, -0.2) is 0 Å². The van der Waals surface area contributed by atoms with E-state index in [2.05, 4.69) is 24.0 Å². The molecule has 0 radical (unpaired) electrons. The fourth-order valence-electron chi connectivity index (χ4n) is 1.37. The van der Waals surface area contributed by atoms with Gasteiger partial charge in [-0.2, -0.15) is 5.10 Å². The van der Waals surface area contributed by atoms with E-state index >= 15 is 0 Å². The van der Waals surface area contributed by atoms with Crippen molar-refractivity contribution in [3.63, 3.8) is 0 Å². The minimum Gasteiger partial charge on any atom is -0.480 e. The quantitative estimate of drug-likeness (QED) is 0.783. The second-order valence-corrected chi connectivity index (χ2v) is 3.59. The summed E-state index contributed by atoms with van der Waals surface area (Å²) >= 11 is 0. The molecule has 1 atom stereocenters. The molecule has 14 heavy (non-hydrogen) atoms. The lowest BCUT2D eigenvalue weighted by molar-refractivity contribution is 0.388. The van der Waals surface area contributed by atoms with Gasteiger partial charge in [-0.15, -0.1) is 5.10 Å². The molecule has 0 amide bonds. The van der Waals surface area contributed by atoms with Crippen LogP contribution in [-0.2, 0) is 0 Å². The summed E-state index contributed by atoms with van der Waals surface area (Å²) in [5, 5.41) is 8.01. The van der Waals surface area contributed by atoms with Crippen LogP contribution in [0.1, 0.15) is 25.5 Å². The first kappa shape index (κ1) is 10.9. The molecule has 0 aliphatic heterocycles. The molecule has 0 saturated carbocycles. The predicted molar refractivity (Wildman–Crippen MR) is 55.2 cm³/mol. The third-order valence-electron chi connectivity index (χ3n) is 2.31. The van der Waals surface area contributed by atoms with Crippen LogP contribution in [0, 0.1) is 5.92 Å². The average Bonchev–Trinajstić information content (AvgIpc) is 2.19. The molecular formula is C10H17N3O. The topological polar surface area (TPSA) is 61.0 Å². The average molecular weight is 195 g/mol. The first-order chi connectivity index (χ1) is 6.69. The van der Waals surface area contributed by atoms with E-state index in [1.165, 1.54) is 0 Å². The largest absolute Gasteiger partial charge is 0.480 e. The maximum atomic E-state index is 5.68. The maximum absolute atomic E-state index is 5.68. The van der Waals surface area contributed by atoms with Crippen molar-refractivity contribution in [1.82, 2.24) is 10.2 Å². The normalized spacial score (nSPS) is 12.9. The standard InChI is InChI=1S/C10H17N3O/c1-7(2)8(6-11)9-4-5-10(14-3)13-12-9/h4-5,7-8H,6,11H2,1-3H3. The van der Waals surface area contributed by atoms with E-state index in [1.54, 1.807) is 7.11 Å². The summed E-state index contributed by atoms with van der Waals surface area (Å²) in [4.78, 5) is 0. The highest BCUT2D eigenvalue weighted by molar-refractivity contribution is 5.15. The number of ether oxygens (including phenoxy) is 1. The van der Waals surface area contributed by atoms with E-state index in [0.717, 1.165) is 5.69 Å². The molecule has 1 aromatic rings. The molecule has 1 unspecified atom stereocenters. The van der Waals surface area contributed by atoms with Gasteiger partial charge in [0.05, 0.1) is 12.8 Å².